The van der Waals surface area contributed by atoms with E-state index in [1.54, 1.807) is 6.08 Å². The van der Waals surface area contributed by atoms with Crippen molar-refractivity contribution in [2.45, 2.75) is 58.0 Å². The van der Waals surface area contributed by atoms with Gasteiger partial charge in [0, 0.05) is 0 Å². The molecular weight excluding hydrogens is 436 g/mol. The Balaban J connectivity index is 1.62. The van der Waals surface area contributed by atoms with E-state index in [-0.39, 0.29) is 37.2 Å². The smallest absolute Gasteiger partial charge is 0.155 e. The Kier molecular flexibility index (Phi) is 11.5. The van der Waals surface area contributed by atoms with E-state index in [2.05, 4.69) is 6.58 Å². The summed E-state index contributed by atoms with van der Waals surface area (Å²) in [5, 5.41) is 0. The van der Waals surface area contributed by atoms with Gasteiger partial charge >= 0.3 is 0 Å². The third-order valence-corrected chi connectivity index (χ3v) is 5.62. The van der Waals surface area contributed by atoms with Crippen LogP contribution in [0.15, 0.2) is 12.7 Å². The van der Waals surface area contributed by atoms with E-state index in [4.69, 9.17) is 47.4 Å². The molecule has 192 valence electrons. The van der Waals surface area contributed by atoms with Crippen molar-refractivity contribution in [2.24, 2.45) is 5.41 Å². The zero-order chi connectivity index (χ0) is 23.5. The zero-order valence-electron chi connectivity index (χ0n) is 20.1. The average molecular weight is 477 g/mol. The van der Waals surface area contributed by atoms with Crippen LogP contribution in [0.5, 0.6) is 0 Å². The molecule has 3 saturated heterocycles. The number of ether oxygens (including phenoxy) is 10. The molecule has 0 aromatic rings. The Morgan fingerprint density at radius 3 is 1.27 bits per heavy atom. The highest BCUT2D eigenvalue weighted by Crippen LogP contribution is 2.25. The molecule has 0 N–H and O–H groups in total. The summed E-state index contributed by atoms with van der Waals surface area (Å²) in [6, 6.07) is 0. The van der Waals surface area contributed by atoms with Crippen LogP contribution in [0.25, 0.3) is 0 Å². The number of hydrogen-bond acceptors (Lipinski definition) is 10. The molecule has 0 aliphatic carbocycles. The highest BCUT2D eigenvalue weighted by atomic mass is 16.7. The molecule has 3 heterocycles. The normalized spacial score (nSPS) is 35.1. The van der Waals surface area contributed by atoms with Crippen molar-refractivity contribution in [3.05, 3.63) is 12.7 Å². The molecule has 3 aliphatic rings. The van der Waals surface area contributed by atoms with Gasteiger partial charge in [-0.3, -0.25) is 0 Å². The lowest BCUT2D eigenvalue weighted by molar-refractivity contribution is -0.249. The van der Waals surface area contributed by atoms with E-state index in [1.165, 1.54) is 0 Å². The standard InChI is InChI=1S/C23H40O10/c1-5-6-24-13-23(14-31-20-7-25-17(2)26-8-20,15-32-21-9-27-18(3)28-10-21)16-33-22-11-29-19(4)30-12-22/h5,17-22H,1,6-16H2,2-4H3. The quantitative estimate of drug-likeness (QED) is 0.288. The van der Waals surface area contributed by atoms with Crippen molar-refractivity contribution >= 4 is 0 Å². The van der Waals surface area contributed by atoms with Crippen molar-refractivity contribution in [3.63, 3.8) is 0 Å². The van der Waals surface area contributed by atoms with Gasteiger partial charge in [0.05, 0.1) is 78.1 Å². The lowest BCUT2D eigenvalue weighted by Gasteiger charge is -2.38. The molecule has 3 aliphatic heterocycles. The van der Waals surface area contributed by atoms with Crippen molar-refractivity contribution < 1.29 is 47.4 Å². The maximum atomic E-state index is 6.20. The fourth-order valence-corrected chi connectivity index (χ4v) is 3.53. The Morgan fingerprint density at radius 1 is 0.636 bits per heavy atom. The highest BCUT2D eigenvalue weighted by molar-refractivity contribution is 4.83. The number of rotatable bonds is 13. The predicted molar refractivity (Wildman–Crippen MR) is 117 cm³/mol. The van der Waals surface area contributed by atoms with Gasteiger partial charge in [0.15, 0.2) is 18.9 Å². The molecule has 0 aromatic carbocycles. The molecule has 0 unspecified atom stereocenters. The van der Waals surface area contributed by atoms with Crippen LogP contribution in [-0.2, 0) is 47.4 Å². The van der Waals surface area contributed by atoms with Crippen LogP contribution in [0, 0.1) is 5.41 Å². The summed E-state index contributed by atoms with van der Waals surface area (Å²) in [7, 11) is 0. The van der Waals surface area contributed by atoms with Crippen LogP contribution in [0.2, 0.25) is 0 Å². The summed E-state index contributed by atoms with van der Waals surface area (Å²) < 4.78 is 57.9. The minimum atomic E-state index is -0.585. The summed E-state index contributed by atoms with van der Waals surface area (Å²) in [6.45, 7) is 14.0. The van der Waals surface area contributed by atoms with Gasteiger partial charge in [-0.15, -0.1) is 6.58 Å². The first-order chi connectivity index (χ1) is 16.0. The monoisotopic (exact) mass is 476 g/mol. The van der Waals surface area contributed by atoms with Crippen LogP contribution in [0.4, 0.5) is 0 Å². The zero-order valence-corrected chi connectivity index (χ0v) is 20.1. The number of hydrogen-bond donors (Lipinski definition) is 0. The molecule has 0 saturated carbocycles. The van der Waals surface area contributed by atoms with Crippen LogP contribution >= 0.6 is 0 Å². The fraction of sp³-hybridized carbons (Fsp3) is 0.913. The van der Waals surface area contributed by atoms with E-state index in [0.717, 1.165) is 0 Å². The van der Waals surface area contributed by atoms with Crippen LogP contribution in [0.1, 0.15) is 20.8 Å². The van der Waals surface area contributed by atoms with Gasteiger partial charge < -0.3 is 47.4 Å². The van der Waals surface area contributed by atoms with Gasteiger partial charge in [0.25, 0.3) is 0 Å². The first kappa shape index (κ1) is 26.9. The van der Waals surface area contributed by atoms with Gasteiger partial charge in [-0.2, -0.15) is 0 Å². The van der Waals surface area contributed by atoms with Crippen LogP contribution in [0.3, 0.4) is 0 Å². The van der Waals surface area contributed by atoms with Crippen LogP contribution in [-0.4, -0.2) is 110 Å². The Bertz CT molecular complexity index is 473. The summed E-state index contributed by atoms with van der Waals surface area (Å²) in [5.74, 6) is 0. The fourth-order valence-electron chi connectivity index (χ4n) is 3.53. The second-order valence-electron chi connectivity index (χ2n) is 8.81. The molecule has 10 nitrogen and oxygen atoms in total. The predicted octanol–water partition coefficient (Wildman–Crippen LogP) is 1.51. The Hall–Kier alpha value is -0.660. The van der Waals surface area contributed by atoms with Gasteiger partial charge in [0.2, 0.25) is 0 Å². The van der Waals surface area contributed by atoms with E-state index < -0.39 is 5.41 Å². The molecule has 0 aromatic heterocycles. The SMILES string of the molecule is C=CCOCC(COC1COC(C)OC1)(COC1COC(C)OC1)COC1COC(C)OC1. The van der Waals surface area contributed by atoms with Gasteiger partial charge in [-0.25, -0.2) is 0 Å². The van der Waals surface area contributed by atoms with E-state index in [0.29, 0.717) is 72.7 Å². The lowest BCUT2D eigenvalue weighted by Crippen LogP contribution is -2.48. The first-order valence-corrected chi connectivity index (χ1v) is 11.7. The summed E-state index contributed by atoms with van der Waals surface area (Å²) in [6.07, 6.45) is 0.517. The van der Waals surface area contributed by atoms with Gasteiger partial charge in [0.1, 0.15) is 18.3 Å². The molecule has 33 heavy (non-hydrogen) atoms. The third kappa shape index (κ3) is 9.48. The van der Waals surface area contributed by atoms with Crippen molar-refractivity contribution in [2.75, 3.05) is 72.7 Å². The van der Waals surface area contributed by atoms with Gasteiger partial charge in [-0.05, 0) is 20.8 Å². The highest BCUT2D eigenvalue weighted by Gasteiger charge is 2.37. The lowest BCUT2D eigenvalue weighted by atomic mass is 9.91. The molecular formula is C23H40O10. The van der Waals surface area contributed by atoms with E-state index >= 15 is 0 Å². The minimum absolute atomic E-state index is 0.177. The van der Waals surface area contributed by atoms with E-state index in [9.17, 15) is 0 Å². The van der Waals surface area contributed by atoms with E-state index in [1.807, 2.05) is 20.8 Å². The topological polar surface area (TPSA) is 92.3 Å². The second-order valence-corrected chi connectivity index (χ2v) is 8.81. The maximum Gasteiger partial charge on any atom is 0.155 e. The van der Waals surface area contributed by atoms with Crippen molar-refractivity contribution in [1.82, 2.24) is 0 Å². The molecule has 0 amide bonds. The Morgan fingerprint density at radius 2 is 0.970 bits per heavy atom. The second kappa shape index (κ2) is 14.0. The Labute approximate surface area is 196 Å². The molecule has 0 atom stereocenters. The average Bonchev–Trinajstić information content (AvgIpc) is 2.83. The minimum Gasteiger partial charge on any atom is -0.377 e. The van der Waals surface area contributed by atoms with Crippen molar-refractivity contribution in [3.8, 4) is 0 Å². The molecule has 3 rings (SSSR count). The van der Waals surface area contributed by atoms with Crippen LogP contribution < -0.4 is 0 Å². The summed E-state index contributed by atoms with van der Waals surface area (Å²) >= 11 is 0. The maximum absolute atomic E-state index is 6.20. The van der Waals surface area contributed by atoms with Gasteiger partial charge in [-0.1, -0.05) is 6.08 Å². The molecule has 0 radical (unpaired) electrons. The summed E-state index contributed by atoms with van der Waals surface area (Å²) in [4.78, 5) is 0. The molecule has 0 bridgehead atoms. The molecule has 3 fully saturated rings. The first-order valence-electron chi connectivity index (χ1n) is 11.7. The largest absolute Gasteiger partial charge is 0.377 e. The molecule has 10 heteroatoms. The third-order valence-electron chi connectivity index (χ3n) is 5.62. The summed E-state index contributed by atoms with van der Waals surface area (Å²) in [5.41, 5.74) is -0.585. The molecule has 0 spiro atoms. The van der Waals surface area contributed by atoms with Crippen molar-refractivity contribution in [1.29, 1.82) is 0 Å².